The van der Waals surface area contributed by atoms with Crippen molar-refractivity contribution in [3.63, 3.8) is 0 Å². The largest absolute Gasteiger partial charge is 0.343 e. The molecule has 0 aliphatic rings. The van der Waals surface area contributed by atoms with Crippen molar-refractivity contribution >= 4 is 33.6 Å². The summed E-state index contributed by atoms with van der Waals surface area (Å²) in [5, 5.41) is 2.72. The number of nitrogens with zero attached hydrogens (tertiary/aromatic N) is 1. The quantitative estimate of drug-likeness (QED) is 0.573. The zero-order valence-corrected chi connectivity index (χ0v) is 11.1. The van der Waals surface area contributed by atoms with Crippen LogP contribution in [0.15, 0.2) is 41.3 Å². The van der Waals surface area contributed by atoms with Crippen LogP contribution in [0.1, 0.15) is 5.56 Å². The van der Waals surface area contributed by atoms with Crippen molar-refractivity contribution in [2.75, 3.05) is 6.26 Å². The number of aromatic nitrogens is 1. The molecule has 0 amide bonds. The van der Waals surface area contributed by atoms with E-state index in [1.807, 2.05) is 11.8 Å². The summed E-state index contributed by atoms with van der Waals surface area (Å²) in [5.41, 5.74) is 3.99. The maximum atomic E-state index is 2.30. The third kappa shape index (κ3) is 1.48. The second-order valence-corrected chi connectivity index (χ2v) is 5.29. The molecule has 0 N–H and O–H groups in total. The molecule has 0 bridgehead atoms. The van der Waals surface area contributed by atoms with Gasteiger partial charge in [-0.3, -0.25) is 0 Å². The first-order chi connectivity index (χ1) is 8.22. The second-order valence-electron chi connectivity index (χ2n) is 4.44. The number of thioether (sulfide) groups is 1. The van der Waals surface area contributed by atoms with Gasteiger partial charge in [0.15, 0.2) is 0 Å². The highest BCUT2D eigenvalue weighted by Crippen LogP contribution is 2.34. The summed E-state index contributed by atoms with van der Waals surface area (Å²) >= 11 is 1.82. The van der Waals surface area contributed by atoms with Gasteiger partial charge in [-0.2, -0.15) is 0 Å². The molecule has 0 saturated heterocycles. The van der Waals surface area contributed by atoms with Gasteiger partial charge in [0.1, 0.15) is 0 Å². The van der Waals surface area contributed by atoms with Crippen molar-refractivity contribution in [1.29, 1.82) is 0 Å². The topological polar surface area (TPSA) is 4.93 Å². The van der Waals surface area contributed by atoms with E-state index in [0.29, 0.717) is 0 Å². The van der Waals surface area contributed by atoms with E-state index in [2.05, 4.69) is 61.2 Å². The molecule has 2 heteroatoms. The number of hydrogen-bond acceptors (Lipinski definition) is 1. The Morgan fingerprint density at radius 2 is 1.82 bits per heavy atom. The molecule has 1 nitrogen and oxygen atoms in total. The van der Waals surface area contributed by atoms with Crippen LogP contribution in [0.25, 0.3) is 21.8 Å². The molecule has 0 fully saturated rings. The number of rotatable bonds is 1. The van der Waals surface area contributed by atoms with Crippen molar-refractivity contribution < 1.29 is 0 Å². The van der Waals surface area contributed by atoms with Crippen molar-refractivity contribution in [2.24, 2.45) is 7.05 Å². The van der Waals surface area contributed by atoms with Gasteiger partial charge >= 0.3 is 0 Å². The first-order valence-electron chi connectivity index (χ1n) is 5.74. The molecule has 0 aliphatic heterocycles. The normalized spacial score (nSPS) is 11.5. The third-order valence-electron chi connectivity index (χ3n) is 3.33. The Hall–Kier alpha value is -1.41. The minimum Gasteiger partial charge on any atom is -0.343 e. The number of fused-ring (bicyclic) bond motifs is 3. The Morgan fingerprint density at radius 1 is 1.06 bits per heavy atom. The summed E-state index contributed by atoms with van der Waals surface area (Å²) in [6.07, 6.45) is 2.14. The number of benzene rings is 2. The summed E-state index contributed by atoms with van der Waals surface area (Å²) in [7, 11) is 2.15. The highest BCUT2D eigenvalue weighted by molar-refractivity contribution is 7.98. The zero-order chi connectivity index (χ0) is 12.0. The van der Waals surface area contributed by atoms with Crippen LogP contribution in [0.3, 0.4) is 0 Å². The van der Waals surface area contributed by atoms with Crippen LogP contribution in [0.2, 0.25) is 0 Å². The molecule has 0 unspecified atom stereocenters. The van der Waals surface area contributed by atoms with Gasteiger partial charge in [-0.15, -0.1) is 11.8 Å². The van der Waals surface area contributed by atoms with E-state index in [9.17, 15) is 0 Å². The van der Waals surface area contributed by atoms with Crippen LogP contribution >= 0.6 is 11.8 Å². The maximum Gasteiger partial charge on any atom is 0.0626 e. The highest BCUT2D eigenvalue weighted by Gasteiger charge is 2.11. The predicted molar refractivity (Wildman–Crippen MR) is 76.9 cm³/mol. The van der Waals surface area contributed by atoms with Crippen LogP contribution < -0.4 is 0 Å². The van der Waals surface area contributed by atoms with Crippen LogP contribution in [-0.4, -0.2) is 10.8 Å². The first kappa shape index (κ1) is 10.7. The number of para-hydroxylation sites is 1. The second kappa shape index (κ2) is 3.81. The maximum absolute atomic E-state index is 2.30. The van der Waals surface area contributed by atoms with Gasteiger partial charge in [-0.1, -0.05) is 18.2 Å². The van der Waals surface area contributed by atoms with Gasteiger partial charge in [0.25, 0.3) is 0 Å². The summed E-state index contributed by atoms with van der Waals surface area (Å²) in [5.74, 6) is 0. The molecule has 1 heterocycles. The van der Waals surface area contributed by atoms with Gasteiger partial charge in [0.05, 0.1) is 5.52 Å². The van der Waals surface area contributed by atoms with Gasteiger partial charge in [0, 0.05) is 28.2 Å². The minimum atomic E-state index is 1.31. The van der Waals surface area contributed by atoms with Crippen molar-refractivity contribution in [3.05, 3.63) is 42.0 Å². The standard InChI is InChI=1S/C15H15NS/c1-10-8-12-11-6-4-5-7-13(11)16(2)15(12)14(9-10)17-3/h4-9H,1-3H3. The van der Waals surface area contributed by atoms with Gasteiger partial charge in [-0.25, -0.2) is 0 Å². The molecule has 17 heavy (non-hydrogen) atoms. The molecule has 1 aromatic heterocycles. The van der Waals surface area contributed by atoms with Crippen LogP contribution in [0, 0.1) is 6.92 Å². The van der Waals surface area contributed by atoms with E-state index >= 15 is 0 Å². The van der Waals surface area contributed by atoms with Crippen LogP contribution in [0.5, 0.6) is 0 Å². The lowest BCUT2D eigenvalue weighted by Crippen LogP contribution is -1.88. The SMILES string of the molecule is CSc1cc(C)cc2c3ccccc3n(C)c12. The van der Waals surface area contributed by atoms with E-state index in [4.69, 9.17) is 0 Å². The predicted octanol–water partition coefficient (Wildman–Crippen LogP) is 4.36. The summed E-state index contributed by atoms with van der Waals surface area (Å²) in [6, 6.07) is 13.2. The van der Waals surface area contributed by atoms with E-state index in [1.54, 1.807) is 0 Å². The van der Waals surface area contributed by atoms with E-state index in [1.165, 1.54) is 32.3 Å². The molecule has 0 atom stereocenters. The van der Waals surface area contributed by atoms with Gasteiger partial charge in [0.2, 0.25) is 0 Å². The van der Waals surface area contributed by atoms with Crippen molar-refractivity contribution in [2.45, 2.75) is 11.8 Å². The molecule has 3 rings (SSSR count). The Balaban J connectivity index is 2.61. The molecule has 86 valence electrons. The Kier molecular flexibility index (Phi) is 2.40. The Bertz CT molecular complexity index is 710. The fraction of sp³-hybridized carbons (Fsp3) is 0.200. The minimum absolute atomic E-state index is 1.31. The smallest absolute Gasteiger partial charge is 0.0626 e. The highest BCUT2D eigenvalue weighted by atomic mass is 32.2. The van der Waals surface area contributed by atoms with E-state index in [-0.39, 0.29) is 0 Å². The average molecular weight is 241 g/mol. The van der Waals surface area contributed by atoms with E-state index in [0.717, 1.165) is 0 Å². The fourth-order valence-electron chi connectivity index (χ4n) is 2.57. The molecular weight excluding hydrogens is 226 g/mol. The fourth-order valence-corrected chi connectivity index (χ4v) is 3.31. The van der Waals surface area contributed by atoms with Crippen molar-refractivity contribution in [1.82, 2.24) is 4.57 Å². The molecule has 0 aliphatic carbocycles. The molecule has 0 spiro atoms. The monoisotopic (exact) mass is 241 g/mol. The molecular formula is C15H15NS. The lowest BCUT2D eigenvalue weighted by Gasteiger charge is -2.05. The Labute approximate surface area is 105 Å². The molecule has 0 radical (unpaired) electrons. The lowest BCUT2D eigenvalue weighted by atomic mass is 10.1. The van der Waals surface area contributed by atoms with Crippen molar-refractivity contribution in [3.8, 4) is 0 Å². The van der Waals surface area contributed by atoms with Gasteiger partial charge < -0.3 is 4.57 Å². The lowest BCUT2D eigenvalue weighted by molar-refractivity contribution is 1.00. The summed E-state index contributed by atoms with van der Waals surface area (Å²) < 4.78 is 2.30. The summed E-state index contributed by atoms with van der Waals surface area (Å²) in [4.78, 5) is 1.36. The first-order valence-corrected chi connectivity index (χ1v) is 6.96. The van der Waals surface area contributed by atoms with Crippen LogP contribution in [-0.2, 0) is 7.05 Å². The third-order valence-corrected chi connectivity index (χ3v) is 4.08. The molecule has 2 aromatic carbocycles. The number of aryl methyl sites for hydroxylation is 2. The van der Waals surface area contributed by atoms with Crippen LogP contribution in [0.4, 0.5) is 0 Å². The Morgan fingerprint density at radius 3 is 2.59 bits per heavy atom. The van der Waals surface area contributed by atoms with Gasteiger partial charge in [-0.05, 0) is 36.9 Å². The summed E-state index contributed by atoms with van der Waals surface area (Å²) in [6.45, 7) is 2.17. The van der Waals surface area contributed by atoms with E-state index < -0.39 is 0 Å². The average Bonchev–Trinajstić information content (AvgIpc) is 2.63. The zero-order valence-electron chi connectivity index (χ0n) is 10.3. The molecule has 0 saturated carbocycles. The number of hydrogen-bond donors (Lipinski definition) is 0. The molecule has 3 aromatic rings.